The zero-order chi connectivity index (χ0) is 15.2. The lowest BCUT2D eigenvalue weighted by Crippen LogP contribution is -2.30. The van der Waals surface area contributed by atoms with Crippen LogP contribution in [0.2, 0.25) is 0 Å². The molecule has 2 rings (SSSR count). The number of aliphatic hydroxyl groups excluding tert-OH is 2. The Hall–Kier alpha value is -1.59. The molecule has 0 amide bonds. The largest absolute Gasteiger partial charge is 0.464 e. The molecule has 116 valence electrons. The first-order valence-corrected chi connectivity index (χ1v) is 7.51. The average molecular weight is 293 g/mol. The van der Waals surface area contributed by atoms with Gasteiger partial charge in [-0.1, -0.05) is 12.1 Å². The van der Waals surface area contributed by atoms with Gasteiger partial charge in [0.25, 0.3) is 0 Å². The van der Waals surface area contributed by atoms with Crippen molar-refractivity contribution in [3.05, 3.63) is 29.8 Å². The van der Waals surface area contributed by atoms with Gasteiger partial charge in [-0.2, -0.15) is 0 Å². The van der Waals surface area contributed by atoms with E-state index in [1.807, 2.05) is 12.1 Å². The van der Waals surface area contributed by atoms with Crippen molar-refractivity contribution in [2.24, 2.45) is 0 Å². The summed E-state index contributed by atoms with van der Waals surface area (Å²) in [5.74, 6) is -0.801. The van der Waals surface area contributed by atoms with E-state index in [0.29, 0.717) is 5.56 Å². The number of benzene rings is 1. The fourth-order valence-corrected chi connectivity index (χ4v) is 2.57. The van der Waals surface area contributed by atoms with E-state index in [2.05, 4.69) is 4.90 Å². The number of ether oxygens (including phenoxy) is 1. The summed E-state index contributed by atoms with van der Waals surface area (Å²) in [4.78, 5) is 13.7. The summed E-state index contributed by atoms with van der Waals surface area (Å²) in [6, 6.07) is 7.33. The molecule has 1 saturated heterocycles. The highest BCUT2D eigenvalue weighted by Gasteiger charge is 2.27. The van der Waals surface area contributed by atoms with E-state index < -0.39 is 18.2 Å². The van der Waals surface area contributed by atoms with Gasteiger partial charge in [-0.15, -0.1) is 0 Å². The van der Waals surface area contributed by atoms with Crippen molar-refractivity contribution >= 4 is 11.7 Å². The highest BCUT2D eigenvalue weighted by atomic mass is 16.5. The number of hydrogen-bond donors (Lipinski definition) is 2. The maximum absolute atomic E-state index is 11.4. The molecule has 1 heterocycles. The third-order valence-electron chi connectivity index (χ3n) is 3.78. The zero-order valence-corrected chi connectivity index (χ0v) is 12.4. The molecule has 5 nitrogen and oxygen atoms in total. The minimum atomic E-state index is -1.55. The van der Waals surface area contributed by atoms with E-state index in [0.717, 1.165) is 18.8 Å². The van der Waals surface area contributed by atoms with Gasteiger partial charge in [0.05, 0.1) is 6.61 Å². The number of aliphatic hydroxyl groups is 2. The molecule has 0 spiro atoms. The average Bonchev–Trinajstić information content (AvgIpc) is 2.54. The van der Waals surface area contributed by atoms with Crippen LogP contribution >= 0.6 is 0 Å². The molecule has 0 saturated carbocycles. The molecule has 1 aliphatic rings. The molecule has 0 bridgehead atoms. The van der Waals surface area contributed by atoms with E-state index in [9.17, 15) is 15.0 Å². The molecule has 21 heavy (non-hydrogen) atoms. The first-order valence-electron chi connectivity index (χ1n) is 7.51. The highest BCUT2D eigenvalue weighted by Crippen LogP contribution is 2.24. The molecule has 0 aliphatic carbocycles. The predicted molar refractivity (Wildman–Crippen MR) is 80.1 cm³/mol. The summed E-state index contributed by atoms with van der Waals surface area (Å²) in [5, 5.41) is 19.8. The third kappa shape index (κ3) is 3.95. The van der Waals surface area contributed by atoms with Crippen LogP contribution in [0.3, 0.4) is 0 Å². The van der Waals surface area contributed by atoms with Gasteiger partial charge in [0, 0.05) is 18.8 Å². The van der Waals surface area contributed by atoms with Crippen molar-refractivity contribution < 1.29 is 19.7 Å². The van der Waals surface area contributed by atoms with Gasteiger partial charge < -0.3 is 19.8 Å². The molecule has 1 aromatic rings. The van der Waals surface area contributed by atoms with Gasteiger partial charge in [-0.25, -0.2) is 4.79 Å². The van der Waals surface area contributed by atoms with Crippen LogP contribution in [0.25, 0.3) is 0 Å². The monoisotopic (exact) mass is 293 g/mol. The molecule has 2 N–H and O–H groups in total. The van der Waals surface area contributed by atoms with Crippen LogP contribution in [0.5, 0.6) is 0 Å². The first kappa shape index (κ1) is 15.8. The van der Waals surface area contributed by atoms with Crippen molar-refractivity contribution in [1.82, 2.24) is 0 Å². The van der Waals surface area contributed by atoms with E-state index in [-0.39, 0.29) is 6.61 Å². The van der Waals surface area contributed by atoms with Gasteiger partial charge in [0.2, 0.25) is 0 Å². The van der Waals surface area contributed by atoms with Crippen molar-refractivity contribution in [3.63, 3.8) is 0 Å². The lowest BCUT2D eigenvalue weighted by Gasteiger charge is -2.29. The number of nitrogens with zero attached hydrogens (tertiary/aromatic N) is 1. The number of anilines is 1. The Morgan fingerprint density at radius 2 is 1.81 bits per heavy atom. The van der Waals surface area contributed by atoms with Crippen LogP contribution in [0, 0.1) is 0 Å². The molecular weight excluding hydrogens is 270 g/mol. The number of esters is 1. The maximum atomic E-state index is 11.4. The molecule has 1 fully saturated rings. The molecule has 5 heteroatoms. The summed E-state index contributed by atoms with van der Waals surface area (Å²) in [6.07, 6.45) is 0.863. The summed E-state index contributed by atoms with van der Waals surface area (Å²) in [6.45, 7) is 3.93. The Bertz CT molecular complexity index is 454. The topological polar surface area (TPSA) is 70.0 Å². The van der Waals surface area contributed by atoms with Crippen molar-refractivity contribution in [2.75, 3.05) is 24.6 Å². The van der Waals surface area contributed by atoms with Gasteiger partial charge in [0.1, 0.15) is 6.10 Å². The standard InChI is InChI=1S/C16H23NO4/c1-2-21-16(20)15(19)14(18)12-6-8-13(9-7-12)17-10-4-3-5-11-17/h6-9,14-15,18-19H,2-5,10-11H2,1H3. The van der Waals surface area contributed by atoms with Crippen LogP contribution in [0.1, 0.15) is 37.9 Å². The molecule has 0 aromatic heterocycles. The molecule has 1 aromatic carbocycles. The summed E-state index contributed by atoms with van der Waals surface area (Å²) >= 11 is 0. The Morgan fingerprint density at radius 3 is 2.38 bits per heavy atom. The number of hydrogen-bond acceptors (Lipinski definition) is 5. The quantitative estimate of drug-likeness (QED) is 0.808. The third-order valence-corrected chi connectivity index (χ3v) is 3.78. The Morgan fingerprint density at radius 1 is 1.19 bits per heavy atom. The second kappa shape index (κ2) is 7.43. The Balaban J connectivity index is 2.02. The number of carbonyl (C=O) groups is 1. The first-order chi connectivity index (χ1) is 10.1. The molecule has 1 aliphatic heterocycles. The van der Waals surface area contributed by atoms with Crippen molar-refractivity contribution in [1.29, 1.82) is 0 Å². The zero-order valence-electron chi connectivity index (χ0n) is 12.4. The van der Waals surface area contributed by atoms with Crippen molar-refractivity contribution in [3.8, 4) is 0 Å². The van der Waals surface area contributed by atoms with Gasteiger partial charge in [-0.3, -0.25) is 0 Å². The maximum Gasteiger partial charge on any atom is 0.338 e. The number of carbonyl (C=O) groups excluding carboxylic acids is 1. The normalized spacial score (nSPS) is 18.1. The number of rotatable bonds is 5. The summed E-state index contributed by atoms with van der Waals surface area (Å²) < 4.78 is 4.71. The predicted octanol–water partition coefficient (Wildman–Crippen LogP) is 1.63. The smallest absolute Gasteiger partial charge is 0.338 e. The molecular formula is C16H23NO4. The Kier molecular flexibility index (Phi) is 5.59. The fraction of sp³-hybridized carbons (Fsp3) is 0.562. The van der Waals surface area contributed by atoms with Crippen molar-refractivity contribution in [2.45, 2.75) is 38.4 Å². The van der Waals surface area contributed by atoms with Gasteiger partial charge >= 0.3 is 5.97 Å². The highest BCUT2D eigenvalue weighted by molar-refractivity contribution is 5.75. The molecule has 2 unspecified atom stereocenters. The van der Waals surface area contributed by atoms with Gasteiger partial charge in [0.15, 0.2) is 6.10 Å². The minimum absolute atomic E-state index is 0.177. The van der Waals surface area contributed by atoms with Crippen LogP contribution < -0.4 is 4.90 Å². The molecule has 0 radical (unpaired) electrons. The fourth-order valence-electron chi connectivity index (χ4n) is 2.57. The SMILES string of the molecule is CCOC(=O)C(O)C(O)c1ccc(N2CCCCC2)cc1. The number of piperidine rings is 1. The van der Waals surface area contributed by atoms with Crippen LogP contribution in [0.4, 0.5) is 5.69 Å². The van der Waals surface area contributed by atoms with E-state index in [1.54, 1.807) is 19.1 Å². The van der Waals surface area contributed by atoms with Crippen LogP contribution in [0.15, 0.2) is 24.3 Å². The molecule has 2 atom stereocenters. The lowest BCUT2D eigenvalue weighted by atomic mass is 10.0. The summed E-state index contributed by atoms with van der Waals surface area (Å²) in [7, 11) is 0. The Labute approximate surface area is 125 Å². The summed E-state index contributed by atoms with van der Waals surface area (Å²) in [5.41, 5.74) is 1.62. The minimum Gasteiger partial charge on any atom is -0.464 e. The van der Waals surface area contributed by atoms with E-state index in [1.165, 1.54) is 19.3 Å². The van der Waals surface area contributed by atoms with E-state index >= 15 is 0 Å². The van der Waals surface area contributed by atoms with Gasteiger partial charge in [-0.05, 0) is 43.9 Å². The van der Waals surface area contributed by atoms with Crippen LogP contribution in [-0.2, 0) is 9.53 Å². The lowest BCUT2D eigenvalue weighted by molar-refractivity contribution is -0.159. The van der Waals surface area contributed by atoms with Crippen LogP contribution in [-0.4, -0.2) is 42.0 Å². The second-order valence-corrected chi connectivity index (χ2v) is 5.28. The second-order valence-electron chi connectivity index (χ2n) is 5.28. The van der Waals surface area contributed by atoms with E-state index in [4.69, 9.17) is 4.74 Å².